The van der Waals surface area contributed by atoms with Gasteiger partial charge in [0.05, 0.1) is 12.2 Å². The van der Waals surface area contributed by atoms with E-state index in [9.17, 15) is 9.59 Å². The molecule has 1 aromatic carbocycles. The number of thiazole rings is 1. The lowest BCUT2D eigenvalue weighted by atomic mass is 10.0. The number of rotatable bonds is 5. The second kappa shape index (κ2) is 7.84. The van der Waals surface area contributed by atoms with Crippen molar-refractivity contribution < 1.29 is 14.0 Å². The Labute approximate surface area is 162 Å². The first-order valence-corrected chi connectivity index (χ1v) is 9.46. The molecule has 26 heavy (non-hydrogen) atoms. The topological polar surface area (TPSA) is 84.2 Å². The van der Waals surface area contributed by atoms with E-state index in [-0.39, 0.29) is 18.2 Å². The van der Waals surface area contributed by atoms with Crippen molar-refractivity contribution in [3.8, 4) is 11.3 Å². The fourth-order valence-electron chi connectivity index (χ4n) is 2.40. The molecule has 0 aliphatic carbocycles. The Bertz CT molecular complexity index is 964. The quantitative estimate of drug-likeness (QED) is 0.632. The molecule has 0 aliphatic heterocycles. The fourth-order valence-corrected chi connectivity index (χ4v) is 3.44. The summed E-state index contributed by atoms with van der Waals surface area (Å²) in [5, 5.41) is 7.57. The number of amides is 2. The molecule has 0 saturated carbocycles. The minimum Gasteiger partial charge on any atom is -0.444 e. The van der Waals surface area contributed by atoms with Crippen LogP contribution in [0, 0.1) is 13.8 Å². The van der Waals surface area contributed by atoms with Crippen LogP contribution >= 0.6 is 27.3 Å². The molecule has 0 bridgehead atoms. The Balaban J connectivity index is 1.58. The van der Waals surface area contributed by atoms with Gasteiger partial charge in [-0.25, -0.2) is 4.98 Å². The average Bonchev–Trinajstić information content (AvgIpc) is 3.22. The normalized spacial score (nSPS) is 10.6. The summed E-state index contributed by atoms with van der Waals surface area (Å²) in [7, 11) is 0. The van der Waals surface area contributed by atoms with Crippen molar-refractivity contribution in [1.82, 2.24) is 10.3 Å². The third-order valence-electron chi connectivity index (χ3n) is 3.61. The largest absolute Gasteiger partial charge is 0.444 e. The second-order valence-electron chi connectivity index (χ2n) is 5.69. The highest BCUT2D eigenvalue weighted by Gasteiger charge is 2.13. The van der Waals surface area contributed by atoms with Gasteiger partial charge in [0, 0.05) is 10.9 Å². The van der Waals surface area contributed by atoms with Crippen LogP contribution in [0.1, 0.15) is 21.7 Å². The molecule has 3 rings (SSSR count). The maximum absolute atomic E-state index is 12.0. The van der Waals surface area contributed by atoms with Gasteiger partial charge in [0.25, 0.3) is 5.91 Å². The number of aryl methyl sites for hydroxylation is 2. The Morgan fingerprint density at radius 3 is 2.73 bits per heavy atom. The highest BCUT2D eigenvalue weighted by atomic mass is 79.9. The van der Waals surface area contributed by atoms with Crippen LogP contribution in [0.4, 0.5) is 5.13 Å². The minimum absolute atomic E-state index is 0.135. The zero-order valence-electron chi connectivity index (χ0n) is 14.1. The molecule has 0 radical (unpaired) electrons. The van der Waals surface area contributed by atoms with Gasteiger partial charge >= 0.3 is 0 Å². The molecule has 8 heteroatoms. The molecular formula is C18H16BrN3O3S. The number of hydrogen-bond acceptors (Lipinski definition) is 5. The second-order valence-corrected chi connectivity index (χ2v) is 7.33. The minimum atomic E-state index is -0.457. The van der Waals surface area contributed by atoms with Gasteiger partial charge in [-0.3, -0.25) is 9.59 Å². The number of furan rings is 1. The van der Waals surface area contributed by atoms with E-state index in [2.05, 4.69) is 37.6 Å². The first-order valence-electron chi connectivity index (χ1n) is 7.79. The lowest BCUT2D eigenvalue weighted by Gasteiger charge is -2.04. The molecule has 2 N–H and O–H groups in total. The third-order valence-corrected chi connectivity index (χ3v) is 4.80. The fraction of sp³-hybridized carbons (Fsp3) is 0.167. The van der Waals surface area contributed by atoms with E-state index in [4.69, 9.17) is 4.42 Å². The molecular weight excluding hydrogens is 418 g/mol. The smallest absolute Gasteiger partial charge is 0.287 e. The Hall–Kier alpha value is -2.45. The molecule has 0 spiro atoms. The number of nitrogens with one attached hydrogen (secondary N) is 2. The number of benzene rings is 1. The van der Waals surface area contributed by atoms with Gasteiger partial charge < -0.3 is 15.1 Å². The standard InChI is InChI=1S/C18H16BrN3O3S/c1-10-3-4-12(11(2)7-10)13-9-26-18(21-13)22-16(23)8-20-17(24)14-5-6-15(19)25-14/h3-7,9H,8H2,1-2H3,(H,20,24)(H,21,22,23). The molecule has 134 valence electrons. The summed E-state index contributed by atoms with van der Waals surface area (Å²) in [6, 6.07) is 9.28. The van der Waals surface area contributed by atoms with Crippen LogP contribution in [0.3, 0.4) is 0 Å². The van der Waals surface area contributed by atoms with Crippen LogP contribution in [0.5, 0.6) is 0 Å². The van der Waals surface area contributed by atoms with E-state index in [1.807, 2.05) is 31.4 Å². The number of hydrogen-bond donors (Lipinski definition) is 2. The van der Waals surface area contributed by atoms with Crippen molar-refractivity contribution in [3.63, 3.8) is 0 Å². The molecule has 0 fully saturated rings. The summed E-state index contributed by atoms with van der Waals surface area (Å²) in [6.45, 7) is 3.90. The number of halogens is 1. The van der Waals surface area contributed by atoms with E-state index >= 15 is 0 Å². The summed E-state index contributed by atoms with van der Waals surface area (Å²) >= 11 is 4.46. The van der Waals surface area contributed by atoms with Crippen LogP contribution < -0.4 is 10.6 Å². The summed E-state index contributed by atoms with van der Waals surface area (Å²) in [5.74, 6) is -0.678. The van der Waals surface area contributed by atoms with Crippen LogP contribution in [0.15, 0.2) is 44.8 Å². The maximum atomic E-state index is 12.0. The first kappa shape index (κ1) is 18.3. The van der Waals surface area contributed by atoms with Crippen molar-refractivity contribution in [2.75, 3.05) is 11.9 Å². The highest BCUT2D eigenvalue weighted by molar-refractivity contribution is 9.10. The molecule has 3 aromatic rings. The van der Waals surface area contributed by atoms with Crippen LogP contribution in [-0.2, 0) is 4.79 Å². The van der Waals surface area contributed by atoms with Gasteiger partial charge in [-0.15, -0.1) is 11.3 Å². The van der Waals surface area contributed by atoms with Gasteiger partial charge in [-0.05, 0) is 47.5 Å². The first-order chi connectivity index (χ1) is 12.4. The van der Waals surface area contributed by atoms with E-state index in [0.717, 1.165) is 16.8 Å². The lowest BCUT2D eigenvalue weighted by Crippen LogP contribution is -2.32. The van der Waals surface area contributed by atoms with Crippen LogP contribution in [0.2, 0.25) is 0 Å². The van der Waals surface area contributed by atoms with E-state index < -0.39 is 5.91 Å². The Morgan fingerprint density at radius 2 is 2.04 bits per heavy atom. The van der Waals surface area contributed by atoms with E-state index in [0.29, 0.717) is 9.80 Å². The van der Waals surface area contributed by atoms with Crippen molar-refractivity contribution in [2.24, 2.45) is 0 Å². The highest BCUT2D eigenvalue weighted by Crippen LogP contribution is 2.27. The zero-order chi connectivity index (χ0) is 18.7. The summed E-state index contributed by atoms with van der Waals surface area (Å²) < 4.78 is 5.58. The number of nitrogens with zero attached hydrogens (tertiary/aromatic N) is 1. The zero-order valence-corrected chi connectivity index (χ0v) is 16.5. The van der Waals surface area contributed by atoms with Crippen molar-refractivity contribution in [1.29, 1.82) is 0 Å². The van der Waals surface area contributed by atoms with Crippen LogP contribution in [0.25, 0.3) is 11.3 Å². The Kier molecular flexibility index (Phi) is 5.53. The van der Waals surface area contributed by atoms with E-state index in [1.165, 1.54) is 23.0 Å². The average molecular weight is 434 g/mol. The van der Waals surface area contributed by atoms with Gasteiger partial charge in [-0.1, -0.05) is 23.8 Å². The predicted octanol–water partition coefficient (Wildman–Crippen LogP) is 4.15. The summed E-state index contributed by atoms with van der Waals surface area (Å²) in [4.78, 5) is 28.3. The molecule has 0 atom stereocenters. The number of carbonyl (C=O) groups excluding carboxylic acids is 2. The maximum Gasteiger partial charge on any atom is 0.287 e. The van der Waals surface area contributed by atoms with E-state index in [1.54, 1.807) is 6.07 Å². The van der Waals surface area contributed by atoms with Crippen molar-refractivity contribution >= 4 is 44.2 Å². The predicted molar refractivity (Wildman–Crippen MR) is 104 cm³/mol. The van der Waals surface area contributed by atoms with Crippen LogP contribution in [-0.4, -0.2) is 23.3 Å². The van der Waals surface area contributed by atoms with Gasteiger partial charge in [-0.2, -0.15) is 0 Å². The molecule has 2 heterocycles. The summed E-state index contributed by atoms with van der Waals surface area (Å²) in [5.41, 5.74) is 4.16. The molecule has 0 unspecified atom stereocenters. The number of carbonyl (C=O) groups is 2. The SMILES string of the molecule is Cc1ccc(-c2csc(NC(=O)CNC(=O)c3ccc(Br)o3)n2)c(C)c1. The molecule has 0 saturated heterocycles. The third kappa shape index (κ3) is 4.39. The van der Waals surface area contributed by atoms with Crippen molar-refractivity contribution in [3.05, 3.63) is 57.3 Å². The molecule has 6 nitrogen and oxygen atoms in total. The number of aromatic nitrogens is 1. The summed E-state index contributed by atoms with van der Waals surface area (Å²) in [6.07, 6.45) is 0. The lowest BCUT2D eigenvalue weighted by molar-refractivity contribution is -0.115. The van der Waals surface area contributed by atoms with Gasteiger partial charge in [0.2, 0.25) is 5.91 Å². The molecule has 2 aromatic heterocycles. The number of anilines is 1. The monoisotopic (exact) mass is 433 g/mol. The molecule has 2 amide bonds. The van der Waals surface area contributed by atoms with Gasteiger partial charge in [0.1, 0.15) is 0 Å². The van der Waals surface area contributed by atoms with Crippen molar-refractivity contribution in [2.45, 2.75) is 13.8 Å². The molecule has 0 aliphatic rings. The van der Waals surface area contributed by atoms with Gasteiger partial charge in [0.15, 0.2) is 15.6 Å². The Morgan fingerprint density at radius 1 is 1.23 bits per heavy atom.